The first-order valence-corrected chi connectivity index (χ1v) is 10.9. The van der Waals surface area contributed by atoms with Crippen molar-refractivity contribution in [1.82, 2.24) is 5.32 Å². The lowest BCUT2D eigenvalue weighted by Crippen LogP contribution is -2.56. The minimum Gasteiger partial charge on any atom is -0.388 e. The molecule has 0 spiro atoms. The molecule has 1 aliphatic heterocycles. The summed E-state index contributed by atoms with van der Waals surface area (Å²) in [6, 6.07) is 9.53. The average molecular weight is 428 g/mol. The van der Waals surface area contributed by atoms with Gasteiger partial charge in [-0.1, -0.05) is 55.0 Å². The fourth-order valence-electron chi connectivity index (χ4n) is 5.05. The van der Waals surface area contributed by atoms with Gasteiger partial charge in [0.1, 0.15) is 6.10 Å². The third kappa shape index (κ3) is 4.25. The van der Waals surface area contributed by atoms with Crippen molar-refractivity contribution in [3.63, 3.8) is 0 Å². The Morgan fingerprint density at radius 2 is 1.87 bits per heavy atom. The molecule has 1 heterocycles. The van der Waals surface area contributed by atoms with Gasteiger partial charge in [0, 0.05) is 17.9 Å². The van der Waals surface area contributed by atoms with Crippen LogP contribution < -0.4 is 5.32 Å². The number of amides is 1. The number of ketones is 1. The largest absolute Gasteiger partial charge is 0.388 e. The Kier molecular flexibility index (Phi) is 6.84. The van der Waals surface area contributed by atoms with E-state index in [1.807, 2.05) is 44.2 Å². The minimum atomic E-state index is -1.76. The quantitative estimate of drug-likeness (QED) is 0.498. The molecule has 0 saturated carbocycles. The number of Topliss-reactive ketones (excluding diaryl/α,β-unsaturated/α-hetero) is 1. The van der Waals surface area contributed by atoms with Crippen molar-refractivity contribution in [3.8, 4) is 0 Å². The fraction of sp³-hybridized carbons (Fsp3) is 0.520. The smallest absolute Gasteiger partial charge is 0.253 e. The molecule has 0 radical (unpaired) electrons. The summed E-state index contributed by atoms with van der Waals surface area (Å²) >= 11 is 0. The highest BCUT2D eigenvalue weighted by Crippen LogP contribution is 2.48. The van der Waals surface area contributed by atoms with Gasteiger partial charge < -0.3 is 20.6 Å². The van der Waals surface area contributed by atoms with Crippen LogP contribution >= 0.6 is 0 Å². The highest BCUT2D eigenvalue weighted by molar-refractivity contribution is 5.90. The molecule has 0 bridgehead atoms. The molecule has 6 nitrogen and oxygen atoms in total. The molecule has 168 valence electrons. The van der Waals surface area contributed by atoms with Crippen molar-refractivity contribution in [1.29, 1.82) is 0 Å². The Bertz CT molecular complexity index is 892. The van der Waals surface area contributed by atoms with E-state index in [1.54, 1.807) is 19.1 Å². The molecular formula is C25H33NO5. The number of benzene rings is 1. The van der Waals surface area contributed by atoms with E-state index in [9.17, 15) is 24.9 Å². The van der Waals surface area contributed by atoms with E-state index in [0.717, 1.165) is 16.7 Å². The van der Waals surface area contributed by atoms with Crippen molar-refractivity contribution >= 4 is 11.7 Å². The number of hydrogen-bond acceptors (Lipinski definition) is 5. The molecule has 7 atom stereocenters. The van der Waals surface area contributed by atoms with Gasteiger partial charge in [0.25, 0.3) is 5.91 Å². The van der Waals surface area contributed by atoms with Gasteiger partial charge >= 0.3 is 0 Å². The summed E-state index contributed by atoms with van der Waals surface area (Å²) in [5.74, 6) is -2.36. The van der Waals surface area contributed by atoms with Crippen LogP contribution in [0, 0.1) is 17.8 Å². The number of allylic oxidation sites excluding steroid dienone is 1. The van der Waals surface area contributed by atoms with E-state index < -0.39 is 35.6 Å². The van der Waals surface area contributed by atoms with Crippen LogP contribution in [0.5, 0.6) is 0 Å². The Morgan fingerprint density at radius 1 is 1.23 bits per heavy atom. The summed E-state index contributed by atoms with van der Waals surface area (Å²) in [4.78, 5) is 24.4. The van der Waals surface area contributed by atoms with Crippen LogP contribution in [0.15, 0.2) is 53.6 Å². The average Bonchev–Trinajstić information content (AvgIpc) is 2.99. The van der Waals surface area contributed by atoms with Crippen molar-refractivity contribution in [3.05, 3.63) is 59.2 Å². The van der Waals surface area contributed by atoms with Crippen molar-refractivity contribution in [2.75, 3.05) is 0 Å². The van der Waals surface area contributed by atoms with Crippen LogP contribution in [0.1, 0.15) is 39.7 Å². The molecule has 0 unspecified atom stereocenters. The predicted octanol–water partition coefficient (Wildman–Crippen LogP) is 1.93. The Balaban J connectivity index is 1.89. The van der Waals surface area contributed by atoms with E-state index in [1.165, 1.54) is 6.92 Å². The summed E-state index contributed by atoms with van der Waals surface area (Å²) in [7, 11) is 0. The second-order valence-electron chi connectivity index (χ2n) is 9.11. The normalized spacial score (nSPS) is 32.7. The van der Waals surface area contributed by atoms with Crippen LogP contribution in [-0.4, -0.2) is 50.9 Å². The molecule has 1 fully saturated rings. The van der Waals surface area contributed by atoms with Gasteiger partial charge in [-0.25, -0.2) is 0 Å². The van der Waals surface area contributed by atoms with Crippen molar-refractivity contribution in [2.24, 2.45) is 17.8 Å². The first-order chi connectivity index (χ1) is 14.6. The predicted molar refractivity (Wildman–Crippen MR) is 118 cm³/mol. The minimum absolute atomic E-state index is 0.281. The zero-order valence-corrected chi connectivity index (χ0v) is 18.6. The molecule has 1 saturated heterocycles. The number of fused-ring (bicyclic) bond motifs is 1. The Morgan fingerprint density at radius 3 is 2.48 bits per heavy atom. The zero-order valence-electron chi connectivity index (χ0n) is 18.6. The van der Waals surface area contributed by atoms with E-state index in [0.29, 0.717) is 12.8 Å². The van der Waals surface area contributed by atoms with E-state index in [4.69, 9.17) is 0 Å². The molecule has 6 heteroatoms. The first-order valence-electron chi connectivity index (χ1n) is 10.9. The number of carbonyl (C=O) groups is 2. The van der Waals surface area contributed by atoms with Crippen LogP contribution in [0.2, 0.25) is 0 Å². The molecular weight excluding hydrogens is 394 g/mol. The van der Waals surface area contributed by atoms with Crippen LogP contribution in [0.3, 0.4) is 0 Å². The van der Waals surface area contributed by atoms with Crippen LogP contribution in [0.4, 0.5) is 0 Å². The highest BCUT2D eigenvalue weighted by Gasteiger charge is 2.62. The summed E-state index contributed by atoms with van der Waals surface area (Å²) in [5, 5.41) is 35.5. The molecule has 1 aromatic rings. The van der Waals surface area contributed by atoms with Gasteiger partial charge in [0.2, 0.25) is 0 Å². The molecule has 0 aromatic heterocycles. The summed E-state index contributed by atoms with van der Waals surface area (Å²) in [6.45, 7) is 6.82. The lowest BCUT2D eigenvalue weighted by atomic mass is 9.63. The second kappa shape index (κ2) is 9.07. The van der Waals surface area contributed by atoms with Gasteiger partial charge in [-0.3, -0.25) is 9.59 Å². The van der Waals surface area contributed by atoms with E-state index >= 15 is 0 Å². The maximum absolute atomic E-state index is 13.0. The monoisotopic (exact) mass is 427 g/mol. The number of nitrogens with one attached hydrogen (secondary N) is 1. The molecule has 4 N–H and O–H groups in total. The van der Waals surface area contributed by atoms with Gasteiger partial charge in [0.05, 0.1) is 6.10 Å². The second-order valence-corrected chi connectivity index (χ2v) is 9.11. The molecule has 1 aromatic carbocycles. The van der Waals surface area contributed by atoms with Gasteiger partial charge in [-0.05, 0) is 50.7 Å². The SMILES string of the molecule is CC(=O)[C@H](O)[C@@H](C)C/C=C/[C@H]1[C@H](O)C(C)=C(C)[C@H]2[C@H](Cc3ccccc3)NC(=O)[C@@]12O. The maximum Gasteiger partial charge on any atom is 0.253 e. The molecule has 3 rings (SSSR count). The van der Waals surface area contributed by atoms with Gasteiger partial charge in [0.15, 0.2) is 11.4 Å². The van der Waals surface area contributed by atoms with E-state index in [2.05, 4.69) is 5.32 Å². The standard InChI is InChI=1S/C25H33NO5/c1-14(22(28)17(4)27)9-8-12-19-23(29)16(3)15(2)21-20(26-24(30)25(19,21)31)13-18-10-6-5-7-11-18/h5-8,10-12,14,19-23,28-29,31H,9,13H2,1-4H3,(H,26,30)/b12-8+/t14-,19-,20-,21-,22+,23+,25+/m0/s1. The highest BCUT2D eigenvalue weighted by atomic mass is 16.3. The first kappa shape index (κ1) is 23.4. The van der Waals surface area contributed by atoms with Crippen molar-refractivity contribution in [2.45, 2.75) is 64.4 Å². The summed E-state index contributed by atoms with van der Waals surface area (Å²) in [6.07, 6.45) is 2.32. The van der Waals surface area contributed by atoms with Gasteiger partial charge in [-0.2, -0.15) is 0 Å². The number of aliphatic hydroxyl groups is 3. The van der Waals surface area contributed by atoms with Gasteiger partial charge in [-0.15, -0.1) is 0 Å². The third-order valence-corrected chi connectivity index (χ3v) is 7.04. The summed E-state index contributed by atoms with van der Waals surface area (Å²) in [5.41, 5.74) is 0.893. The number of rotatable bonds is 7. The molecule has 1 amide bonds. The number of hydrogen-bond donors (Lipinski definition) is 4. The number of carbonyl (C=O) groups excluding carboxylic acids is 2. The lowest BCUT2D eigenvalue weighted by molar-refractivity contribution is -0.147. The topological polar surface area (TPSA) is 107 Å². The Hall–Kier alpha value is -2.28. The van der Waals surface area contributed by atoms with Crippen molar-refractivity contribution < 1.29 is 24.9 Å². The molecule has 31 heavy (non-hydrogen) atoms. The molecule has 2 aliphatic rings. The summed E-state index contributed by atoms with van der Waals surface area (Å²) < 4.78 is 0. The van der Waals surface area contributed by atoms with E-state index in [-0.39, 0.29) is 17.7 Å². The van der Waals surface area contributed by atoms with Crippen LogP contribution in [-0.2, 0) is 16.0 Å². The van der Waals surface area contributed by atoms with Crippen LogP contribution in [0.25, 0.3) is 0 Å². The maximum atomic E-state index is 13.0. The number of aliphatic hydroxyl groups excluding tert-OH is 2. The fourth-order valence-corrected chi connectivity index (χ4v) is 5.05. The Labute approximate surface area is 183 Å². The lowest BCUT2D eigenvalue weighted by Gasteiger charge is -2.43. The third-order valence-electron chi connectivity index (χ3n) is 7.04. The zero-order chi connectivity index (χ0) is 22.9. The molecule has 1 aliphatic carbocycles.